The zero-order valence-electron chi connectivity index (χ0n) is 16.9. The van der Waals surface area contributed by atoms with Gasteiger partial charge >= 0.3 is 0 Å². The van der Waals surface area contributed by atoms with E-state index in [0.29, 0.717) is 31.1 Å². The molecule has 0 bridgehead atoms. The number of carbonyl (C=O) groups is 1. The fraction of sp³-hybridized carbons (Fsp3) is 0.409. The summed E-state index contributed by atoms with van der Waals surface area (Å²) < 4.78 is 13.1. The molecule has 0 saturated heterocycles. The van der Waals surface area contributed by atoms with Crippen molar-refractivity contribution in [2.75, 3.05) is 20.3 Å². The Hall–Kier alpha value is -3.09. The molecule has 7 nitrogen and oxygen atoms in total. The lowest BCUT2D eigenvalue weighted by atomic mass is 10.2. The topological polar surface area (TPSA) is 78.3 Å². The molecule has 2 heterocycles. The molecule has 0 saturated carbocycles. The van der Waals surface area contributed by atoms with E-state index in [1.165, 1.54) is 18.9 Å². The molecule has 154 valence electrons. The standard InChI is InChI=1S/C22H28N4O3/c1-3-15-29-18-10-8-17(16-19(18)28-2)9-11-22(27)23-13-12-21-25-24-20-7-5-4-6-14-26(20)21/h3,8-11,16H,1,4-7,12-15H2,2H3,(H,23,27)/b11-9+. The van der Waals surface area contributed by atoms with Gasteiger partial charge in [-0.1, -0.05) is 25.1 Å². The molecular weight excluding hydrogens is 368 g/mol. The number of nitrogens with one attached hydrogen (secondary N) is 1. The molecule has 3 rings (SSSR count). The number of hydrogen-bond acceptors (Lipinski definition) is 5. The average Bonchev–Trinajstić information content (AvgIpc) is 2.96. The van der Waals surface area contributed by atoms with Crippen molar-refractivity contribution in [1.29, 1.82) is 0 Å². The van der Waals surface area contributed by atoms with E-state index in [1.54, 1.807) is 19.3 Å². The van der Waals surface area contributed by atoms with Gasteiger partial charge in [-0.2, -0.15) is 0 Å². The maximum Gasteiger partial charge on any atom is 0.244 e. The van der Waals surface area contributed by atoms with E-state index in [2.05, 4.69) is 26.7 Å². The molecule has 0 unspecified atom stereocenters. The predicted molar refractivity (Wildman–Crippen MR) is 112 cm³/mol. The Morgan fingerprint density at radius 3 is 3.00 bits per heavy atom. The number of methoxy groups -OCH3 is 1. The zero-order chi connectivity index (χ0) is 20.5. The normalized spacial score (nSPS) is 13.6. The van der Waals surface area contributed by atoms with E-state index >= 15 is 0 Å². The highest BCUT2D eigenvalue weighted by atomic mass is 16.5. The number of nitrogens with zero attached hydrogens (tertiary/aromatic N) is 3. The quantitative estimate of drug-likeness (QED) is 0.521. The summed E-state index contributed by atoms with van der Waals surface area (Å²) in [5.41, 5.74) is 0.853. The summed E-state index contributed by atoms with van der Waals surface area (Å²) in [4.78, 5) is 12.1. The van der Waals surface area contributed by atoms with Crippen molar-refractivity contribution in [2.45, 2.75) is 38.6 Å². The summed E-state index contributed by atoms with van der Waals surface area (Å²) >= 11 is 0. The van der Waals surface area contributed by atoms with Gasteiger partial charge in [-0.3, -0.25) is 4.79 Å². The van der Waals surface area contributed by atoms with Crippen LogP contribution in [0.1, 0.15) is 36.5 Å². The summed E-state index contributed by atoms with van der Waals surface area (Å²) in [7, 11) is 1.58. The lowest BCUT2D eigenvalue weighted by molar-refractivity contribution is -0.116. The van der Waals surface area contributed by atoms with Gasteiger partial charge in [0.1, 0.15) is 18.3 Å². The molecule has 7 heteroatoms. The number of hydrogen-bond donors (Lipinski definition) is 1. The highest BCUT2D eigenvalue weighted by Gasteiger charge is 2.14. The van der Waals surface area contributed by atoms with Crippen LogP contribution in [0.15, 0.2) is 36.9 Å². The van der Waals surface area contributed by atoms with Gasteiger partial charge in [0.2, 0.25) is 5.91 Å². The Balaban J connectivity index is 1.51. The molecule has 1 N–H and O–H groups in total. The van der Waals surface area contributed by atoms with E-state index in [1.807, 2.05) is 18.2 Å². The van der Waals surface area contributed by atoms with Crippen LogP contribution in [0.3, 0.4) is 0 Å². The number of aromatic nitrogens is 3. The van der Waals surface area contributed by atoms with Crippen molar-refractivity contribution in [3.8, 4) is 11.5 Å². The monoisotopic (exact) mass is 396 g/mol. The van der Waals surface area contributed by atoms with Gasteiger partial charge in [0.05, 0.1) is 7.11 Å². The molecule has 0 aliphatic carbocycles. The highest BCUT2D eigenvalue weighted by Crippen LogP contribution is 2.28. The van der Waals surface area contributed by atoms with Crippen molar-refractivity contribution in [2.24, 2.45) is 0 Å². The fourth-order valence-corrected chi connectivity index (χ4v) is 3.31. The van der Waals surface area contributed by atoms with Gasteiger partial charge in [-0.25, -0.2) is 0 Å². The second-order valence-electron chi connectivity index (χ2n) is 6.88. The van der Waals surface area contributed by atoms with Gasteiger partial charge in [-0.15, -0.1) is 10.2 Å². The van der Waals surface area contributed by atoms with Gasteiger partial charge in [0.15, 0.2) is 11.5 Å². The van der Waals surface area contributed by atoms with Gasteiger partial charge in [0.25, 0.3) is 0 Å². The SMILES string of the molecule is C=CCOc1ccc(/C=C/C(=O)NCCc2nnc3n2CCCCC3)cc1OC. The van der Waals surface area contributed by atoms with Crippen LogP contribution in [-0.4, -0.2) is 40.9 Å². The van der Waals surface area contributed by atoms with Crippen molar-refractivity contribution < 1.29 is 14.3 Å². The number of benzene rings is 1. The van der Waals surface area contributed by atoms with Crippen molar-refractivity contribution >= 4 is 12.0 Å². The average molecular weight is 396 g/mol. The molecule has 0 fully saturated rings. The molecule has 0 atom stereocenters. The fourth-order valence-electron chi connectivity index (χ4n) is 3.31. The van der Waals surface area contributed by atoms with E-state index < -0.39 is 0 Å². The highest BCUT2D eigenvalue weighted by molar-refractivity contribution is 5.91. The molecular formula is C22H28N4O3. The van der Waals surface area contributed by atoms with Crippen LogP contribution in [0.2, 0.25) is 0 Å². The van der Waals surface area contributed by atoms with E-state index in [-0.39, 0.29) is 5.91 Å². The molecule has 1 aromatic heterocycles. The molecule has 1 amide bonds. The number of aryl methyl sites for hydroxylation is 1. The molecule has 1 aliphatic heterocycles. The Labute approximate surface area is 171 Å². The first kappa shape index (κ1) is 20.6. The number of amides is 1. The first-order chi connectivity index (χ1) is 14.2. The van der Waals surface area contributed by atoms with Crippen LogP contribution in [0.25, 0.3) is 6.08 Å². The maximum absolute atomic E-state index is 12.1. The third kappa shape index (κ3) is 5.70. The third-order valence-corrected chi connectivity index (χ3v) is 4.81. The largest absolute Gasteiger partial charge is 0.493 e. The van der Waals surface area contributed by atoms with Crippen LogP contribution in [0.4, 0.5) is 0 Å². The second kappa shape index (κ2) is 10.5. The van der Waals surface area contributed by atoms with Crippen LogP contribution in [-0.2, 0) is 24.2 Å². The first-order valence-electron chi connectivity index (χ1n) is 10.00. The Bertz CT molecular complexity index is 873. The van der Waals surface area contributed by atoms with Crippen molar-refractivity contribution in [3.05, 3.63) is 54.1 Å². The zero-order valence-corrected chi connectivity index (χ0v) is 16.9. The molecule has 2 aromatic rings. The van der Waals surface area contributed by atoms with Crippen LogP contribution < -0.4 is 14.8 Å². The summed E-state index contributed by atoms with van der Waals surface area (Å²) in [5, 5.41) is 11.5. The molecule has 29 heavy (non-hydrogen) atoms. The van der Waals surface area contributed by atoms with E-state index in [4.69, 9.17) is 9.47 Å². The Kier molecular flexibility index (Phi) is 7.44. The Morgan fingerprint density at radius 2 is 2.17 bits per heavy atom. The summed E-state index contributed by atoms with van der Waals surface area (Å²) in [6.45, 7) is 5.54. The minimum absolute atomic E-state index is 0.147. The number of rotatable bonds is 9. The molecule has 0 spiro atoms. The smallest absolute Gasteiger partial charge is 0.244 e. The summed E-state index contributed by atoms with van der Waals surface area (Å²) in [6.07, 6.45) is 10.2. The molecule has 0 radical (unpaired) electrons. The first-order valence-corrected chi connectivity index (χ1v) is 10.00. The van der Waals surface area contributed by atoms with Gasteiger partial charge in [-0.05, 0) is 36.6 Å². The number of fused-ring (bicyclic) bond motifs is 1. The van der Waals surface area contributed by atoms with Gasteiger partial charge in [0, 0.05) is 32.0 Å². The van der Waals surface area contributed by atoms with E-state index in [9.17, 15) is 4.79 Å². The van der Waals surface area contributed by atoms with Gasteiger partial charge < -0.3 is 19.4 Å². The van der Waals surface area contributed by atoms with E-state index in [0.717, 1.165) is 36.6 Å². The summed E-state index contributed by atoms with van der Waals surface area (Å²) in [5.74, 6) is 3.12. The molecule has 1 aliphatic rings. The van der Waals surface area contributed by atoms with Crippen LogP contribution in [0, 0.1) is 0 Å². The number of carbonyl (C=O) groups excluding carboxylic acids is 1. The van der Waals surface area contributed by atoms with Crippen LogP contribution >= 0.6 is 0 Å². The third-order valence-electron chi connectivity index (χ3n) is 4.81. The minimum atomic E-state index is -0.147. The van der Waals surface area contributed by atoms with Crippen LogP contribution in [0.5, 0.6) is 11.5 Å². The maximum atomic E-state index is 12.1. The predicted octanol–water partition coefficient (Wildman–Crippen LogP) is 2.95. The number of ether oxygens (including phenoxy) is 2. The van der Waals surface area contributed by atoms with Crippen molar-refractivity contribution in [3.63, 3.8) is 0 Å². The lowest BCUT2D eigenvalue weighted by Crippen LogP contribution is -2.24. The Morgan fingerprint density at radius 1 is 1.28 bits per heavy atom. The lowest BCUT2D eigenvalue weighted by Gasteiger charge is -2.09. The molecule has 1 aromatic carbocycles. The van der Waals surface area contributed by atoms with Crippen molar-refractivity contribution in [1.82, 2.24) is 20.1 Å². The second-order valence-corrected chi connectivity index (χ2v) is 6.88. The minimum Gasteiger partial charge on any atom is -0.493 e. The summed E-state index contributed by atoms with van der Waals surface area (Å²) in [6, 6.07) is 5.51.